The lowest BCUT2D eigenvalue weighted by molar-refractivity contribution is -0.136. The summed E-state index contributed by atoms with van der Waals surface area (Å²) in [5, 5.41) is 9.96. The number of hydrogen-bond donors (Lipinski definition) is 3. The van der Waals surface area contributed by atoms with Gasteiger partial charge >= 0.3 is 12.3 Å². The molecule has 4 nitrogen and oxygen atoms in total. The molecule has 82 valence electrons. The van der Waals surface area contributed by atoms with Crippen molar-refractivity contribution in [1.29, 1.82) is 0 Å². The third-order valence-corrected chi connectivity index (χ3v) is 1.59. The molecule has 0 aliphatic carbocycles. The first-order valence-corrected chi connectivity index (χ1v) is 3.77. The van der Waals surface area contributed by atoms with E-state index in [0.717, 1.165) is 6.07 Å². The maximum absolute atomic E-state index is 12.4. The minimum Gasteiger partial charge on any atom is -0.465 e. The maximum Gasteiger partial charge on any atom is 0.418 e. The number of carbonyl (C=O) groups is 1. The molecule has 4 N–H and O–H groups in total. The number of anilines is 2. The molecule has 1 rings (SSSR count). The monoisotopic (exact) mass is 220 g/mol. The molecule has 0 aromatic heterocycles. The van der Waals surface area contributed by atoms with E-state index in [-0.39, 0.29) is 5.69 Å². The number of amides is 1. The summed E-state index contributed by atoms with van der Waals surface area (Å²) in [5.41, 5.74) is 3.45. The summed E-state index contributed by atoms with van der Waals surface area (Å²) in [6.07, 6.45) is -6.21. The molecule has 0 bridgehead atoms. The molecule has 0 aliphatic rings. The number of benzene rings is 1. The van der Waals surface area contributed by atoms with Gasteiger partial charge in [-0.2, -0.15) is 13.2 Å². The number of hydrogen-bond acceptors (Lipinski definition) is 2. The van der Waals surface area contributed by atoms with Crippen molar-refractivity contribution in [3.63, 3.8) is 0 Å². The van der Waals surface area contributed by atoms with Crippen LogP contribution in [0.5, 0.6) is 0 Å². The molecule has 0 fully saturated rings. The van der Waals surface area contributed by atoms with E-state index in [9.17, 15) is 18.0 Å². The Morgan fingerprint density at radius 1 is 1.40 bits per heavy atom. The molecular formula is C8H7F3N2O2. The number of nitrogens with two attached hydrogens (primary N) is 1. The fourth-order valence-corrected chi connectivity index (χ4v) is 1.02. The molecule has 1 aromatic carbocycles. The summed E-state index contributed by atoms with van der Waals surface area (Å²) < 4.78 is 37.2. The van der Waals surface area contributed by atoms with Gasteiger partial charge in [-0.3, -0.25) is 5.32 Å². The van der Waals surface area contributed by atoms with E-state index in [2.05, 4.69) is 0 Å². The fourth-order valence-electron chi connectivity index (χ4n) is 1.02. The molecule has 0 aliphatic heterocycles. The van der Waals surface area contributed by atoms with E-state index in [4.69, 9.17) is 10.8 Å². The van der Waals surface area contributed by atoms with Crippen molar-refractivity contribution in [2.45, 2.75) is 6.18 Å². The molecule has 0 saturated heterocycles. The molecule has 15 heavy (non-hydrogen) atoms. The molecule has 1 aromatic rings. The quantitative estimate of drug-likeness (QED) is 0.636. The minimum atomic E-state index is -4.65. The summed E-state index contributed by atoms with van der Waals surface area (Å²) in [6.45, 7) is 0. The second kappa shape index (κ2) is 3.68. The summed E-state index contributed by atoms with van der Waals surface area (Å²) in [6, 6.07) is 2.82. The van der Waals surface area contributed by atoms with Crippen molar-refractivity contribution in [2.75, 3.05) is 11.1 Å². The smallest absolute Gasteiger partial charge is 0.418 e. The van der Waals surface area contributed by atoms with Gasteiger partial charge in [0.05, 0.1) is 11.3 Å². The summed E-state index contributed by atoms with van der Waals surface area (Å²) in [5.74, 6) is 0. The Balaban J connectivity index is 3.20. The first kappa shape index (κ1) is 11.2. The van der Waals surface area contributed by atoms with Crippen LogP contribution < -0.4 is 11.1 Å². The fraction of sp³-hybridized carbons (Fsp3) is 0.125. The minimum absolute atomic E-state index is 0.0849. The average molecular weight is 220 g/mol. The Morgan fingerprint density at radius 2 is 2.00 bits per heavy atom. The number of rotatable bonds is 1. The molecule has 0 saturated carbocycles. The van der Waals surface area contributed by atoms with Gasteiger partial charge in [-0.05, 0) is 18.2 Å². The lowest BCUT2D eigenvalue weighted by Gasteiger charge is -2.12. The molecule has 0 heterocycles. The number of carboxylic acid groups (broad SMARTS) is 1. The van der Waals surface area contributed by atoms with Gasteiger partial charge in [0, 0.05) is 5.69 Å². The standard InChI is InChI=1S/C8H7F3N2O2/c9-8(10,11)5-3-4(12)1-2-6(5)13-7(14)15/h1-3,13H,12H2,(H,14,15). The van der Waals surface area contributed by atoms with Crippen LogP contribution in [-0.4, -0.2) is 11.2 Å². The Kier molecular flexibility index (Phi) is 2.74. The lowest BCUT2D eigenvalue weighted by Crippen LogP contribution is -2.14. The second-order valence-corrected chi connectivity index (χ2v) is 2.73. The van der Waals surface area contributed by atoms with Gasteiger partial charge < -0.3 is 10.8 Å². The summed E-state index contributed by atoms with van der Waals surface area (Å²) >= 11 is 0. The van der Waals surface area contributed by atoms with Crippen LogP contribution in [0.1, 0.15) is 5.56 Å². The highest BCUT2D eigenvalue weighted by Gasteiger charge is 2.34. The molecule has 0 radical (unpaired) electrons. The summed E-state index contributed by atoms with van der Waals surface area (Å²) in [7, 11) is 0. The third-order valence-electron chi connectivity index (χ3n) is 1.59. The zero-order chi connectivity index (χ0) is 11.6. The molecule has 1 amide bonds. The predicted molar refractivity (Wildman–Crippen MR) is 47.5 cm³/mol. The number of nitrogen functional groups attached to an aromatic ring is 1. The Morgan fingerprint density at radius 3 is 2.47 bits per heavy atom. The maximum atomic E-state index is 12.4. The summed E-state index contributed by atoms with van der Waals surface area (Å²) in [4.78, 5) is 10.2. The van der Waals surface area contributed by atoms with Gasteiger partial charge in [0.2, 0.25) is 0 Å². The van der Waals surface area contributed by atoms with Crippen molar-refractivity contribution >= 4 is 17.5 Å². The van der Waals surface area contributed by atoms with Gasteiger partial charge in [-0.25, -0.2) is 4.79 Å². The average Bonchev–Trinajstić information content (AvgIpc) is 2.05. The van der Waals surface area contributed by atoms with Crippen LogP contribution in [-0.2, 0) is 6.18 Å². The zero-order valence-corrected chi connectivity index (χ0v) is 7.30. The van der Waals surface area contributed by atoms with Crippen LogP contribution >= 0.6 is 0 Å². The van der Waals surface area contributed by atoms with Gasteiger partial charge in [-0.1, -0.05) is 0 Å². The lowest BCUT2D eigenvalue weighted by atomic mass is 10.1. The first-order chi connectivity index (χ1) is 6.80. The number of nitrogens with one attached hydrogen (secondary N) is 1. The van der Waals surface area contributed by atoms with Crippen LogP contribution in [0.2, 0.25) is 0 Å². The van der Waals surface area contributed by atoms with Crippen molar-refractivity contribution in [3.05, 3.63) is 23.8 Å². The predicted octanol–water partition coefficient (Wildman–Crippen LogP) is 2.38. The number of halogens is 3. The molecule has 7 heteroatoms. The molecule has 0 unspecified atom stereocenters. The number of alkyl halides is 3. The highest BCUT2D eigenvalue weighted by atomic mass is 19.4. The highest BCUT2D eigenvalue weighted by molar-refractivity contribution is 5.84. The molecule has 0 spiro atoms. The largest absolute Gasteiger partial charge is 0.465 e. The van der Waals surface area contributed by atoms with Gasteiger partial charge in [0.25, 0.3) is 0 Å². The van der Waals surface area contributed by atoms with Gasteiger partial charge in [-0.15, -0.1) is 0 Å². The highest BCUT2D eigenvalue weighted by Crippen LogP contribution is 2.35. The van der Waals surface area contributed by atoms with Crippen molar-refractivity contribution in [3.8, 4) is 0 Å². The SMILES string of the molecule is Nc1ccc(NC(=O)O)c(C(F)(F)F)c1. The van der Waals surface area contributed by atoms with E-state index in [1.165, 1.54) is 6.07 Å². The van der Waals surface area contributed by atoms with E-state index in [0.29, 0.717) is 6.07 Å². The Hall–Kier alpha value is -1.92. The first-order valence-electron chi connectivity index (χ1n) is 3.77. The molecular weight excluding hydrogens is 213 g/mol. The van der Waals surface area contributed by atoms with Crippen molar-refractivity contribution in [2.24, 2.45) is 0 Å². The van der Waals surface area contributed by atoms with E-state index < -0.39 is 23.5 Å². The van der Waals surface area contributed by atoms with Crippen molar-refractivity contribution < 1.29 is 23.1 Å². The van der Waals surface area contributed by atoms with Crippen LogP contribution in [0.3, 0.4) is 0 Å². The Bertz CT molecular complexity index is 390. The van der Waals surface area contributed by atoms with Crippen LogP contribution in [0.4, 0.5) is 29.3 Å². The second-order valence-electron chi connectivity index (χ2n) is 2.73. The van der Waals surface area contributed by atoms with Crippen LogP contribution in [0.25, 0.3) is 0 Å². The van der Waals surface area contributed by atoms with Gasteiger partial charge in [0.15, 0.2) is 0 Å². The van der Waals surface area contributed by atoms with E-state index in [1.54, 1.807) is 5.32 Å². The topological polar surface area (TPSA) is 75.3 Å². The van der Waals surface area contributed by atoms with E-state index >= 15 is 0 Å². The molecule has 0 atom stereocenters. The third kappa shape index (κ3) is 2.76. The zero-order valence-electron chi connectivity index (χ0n) is 7.30. The van der Waals surface area contributed by atoms with Crippen LogP contribution in [0, 0.1) is 0 Å². The van der Waals surface area contributed by atoms with Crippen LogP contribution in [0.15, 0.2) is 18.2 Å². The van der Waals surface area contributed by atoms with Gasteiger partial charge in [0.1, 0.15) is 0 Å². The van der Waals surface area contributed by atoms with Crippen molar-refractivity contribution in [1.82, 2.24) is 0 Å². The normalized spacial score (nSPS) is 11.1. The van der Waals surface area contributed by atoms with E-state index in [1.807, 2.05) is 0 Å². The Labute approximate surface area is 82.5 Å².